The number of nitrogens with zero attached hydrogens (tertiary/aromatic N) is 3. The molecule has 8 nitrogen and oxygen atoms in total. The van der Waals surface area contributed by atoms with Gasteiger partial charge in [-0.25, -0.2) is 0 Å². The summed E-state index contributed by atoms with van der Waals surface area (Å²) in [5.41, 5.74) is 1.81. The van der Waals surface area contributed by atoms with Gasteiger partial charge < -0.3 is 18.8 Å². The molecule has 2 heterocycles. The van der Waals surface area contributed by atoms with E-state index >= 15 is 0 Å². The molecule has 0 bridgehead atoms. The van der Waals surface area contributed by atoms with Crippen LogP contribution in [0.25, 0.3) is 11.5 Å². The third-order valence-corrected chi connectivity index (χ3v) is 6.54. The summed E-state index contributed by atoms with van der Waals surface area (Å²) in [5.74, 6) is 1.60. The predicted octanol–water partition coefficient (Wildman–Crippen LogP) is 5.50. The normalized spacial score (nSPS) is 11.7. The van der Waals surface area contributed by atoms with Crippen molar-refractivity contribution >= 4 is 17.7 Å². The lowest BCUT2D eigenvalue weighted by Gasteiger charge is -2.21. The Balaban J connectivity index is 1.49. The van der Waals surface area contributed by atoms with Gasteiger partial charge in [0, 0.05) is 11.4 Å². The van der Waals surface area contributed by atoms with E-state index in [-0.39, 0.29) is 0 Å². The van der Waals surface area contributed by atoms with Gasteiger partial charge in [0.25, 0.3) is 5.89 Å². The maximum absolute atomic E-state index is 11.4. The first kappa shape index (κ1) is 24.6. The minimum Gasteiger partial charge on any atom is -0.496 e. The Labute approximate surface area is 207 Å². The zero-order chi connectivity index (χ0) is 24.8. The van der Waals surface area contributed by atoms with E-state index in [1.54, 1.807) is 27.2 Å². The zero-order valence-corrected chi connectivity index (χ0v) is 20.6. The van der Waals surface area contributed by atoms with Gasteiger partial charge in [0.2, 0.25) is 0 Å². The van der Waals surface area contributed by atoms with E-state index in [1.807, 2.05) is 60.7 Å². The minimum absolute atomic E-state index is 0.401. The van der Waals surface area contributed by atoms with Crippen molar-refractivity contribution in [3.63, 3.8) is 0 Å². The highest BCUT2D eigenvalue weighted by Gasteiger charge is 2.28. The number of rotatable bonds is 11. The number of aromatic nitrogens is 2. The van der Waals surface area contributed by atoms with E-state index in [1.165, 1.54) is 11.8 Å². The van der Waals surface area contributed by atoms with Crippen molar-refractivity contribution in [3.8, 4) is 17.2 Å². The molecule has 0 spiro atoms. The summed E-state index contributed by atoms with van der Waals surface area (Å²) in [6.07, 6.45) is 1.65. The minimum atomic E-state index is -0.898. The standard InChI is InChI=1S/C26H27N3O5S/c1-26(2,25(30)31)35-20-12-10-18(11-13-20)15-29(16-19-7-6-14-33-19)17-23-27-24(34-28-23)21-8-4-5-9-22(21)32-3/h4-14H,15-17H2,1-3H3,(H,30,31). The number of hydrogen-bond acceptors (Lipinski definition) is 8. The molecule has 0 aliphatic rings. The average molecular weight is 494 g/mol. The second-order valence-corrected chi connectivity index (χ2v) is 10.2. The first-order valence-corrected chi connectivity index (χ1v) is 11.9. The van der Waals surface area contributed by atoms with Crippen LogP contribution < -0.4 is 4.74 Å². The molecule has 182 valence electrons. The van der Waals surface area contributed by atoms with E-state index in [9.17, 15) is 9.90 Å². The van der Waals surface area contributed by atoms with Crippen molar-refractivity contribution < 1.29 is 23.6 Å². The molecule has 4 rings (SSSR count). The van der Waals surface area contributed by atoms with Crippen molar-refractivity contribution in [2.75, 3.05) is 7.11 Å². The van der Waals surface area contributed by atoms with Crippen LogP contribution >= 0.6 is 11.8 Å². The lowest BCUT2D eigenvalue weighted by molar-refractivity contribution is -0.138. The van der Waals surface area contributed by atoms with Crippen LogP contribution in [0, 0.1) is 0 Å². The molecule has 0 saturated carbocycles. The summed E-state index contributed by atoms with van der Waals surface area (Å²) in [6, 6.07) is 19.2. The van der Waals surface area contributed by atoms with Gasteiger partial charge in [-0.05, 0) is 55.8 Å². The van der Waals surface area contributed by atoms with Gasteiger partial charge in [-0.1, -0.05) is 29.4 Å². The van der Waals surface area contributed by atoms with Crippen molar-refractivity contribution in [1.82, 2.24) is 15.0 Å². The summed E-state index contributed by atoms with van der Waals surface area (Å²) in [4.78, 5) is 19.1. The third kappa shape index (κ3) is 6.32. The second kappa shape index (κ2) is 10.8. The highest BCUT2D eigenvalue weighted by atomic mass is 32.2. The maximum Gasteiger partial charge on any atom is 0.319 e. The van der Waals surface area contributed by atoms with Crippen molar-refractivity contribution in [2.24, 2.45) is 0 Å². The molecule has 0 amide bonds. The van der Waals surface area contributed by atoms with Gasteiger partial charge in [-0.3, -0.25) is 9.69 Å². The maximum atomic E-state index is 11.4. The Kier molecular flexibility index (Phi) is 7.57. The molecule has 9 heteroatoms. The molecule has 0 saturated heterocycles. The number of carbonyl (C=O) groups is 1. The first-order valence-electron chi connectivity index (χ1n) is 11.1. The van der Waals surface area contributed by atoms with Crippen LogP contribution in [0.4, 0.5) is 0 Å². The second-order valence-electron chi connectivity index (χ2n) is 8.50. The SMILES string of the molecule is COc1ccccc1-c1nc(CN(Cc2ccc(SC(C)(C)C(=O)O)cc2)Cc2ccco2)no1. The molecule has 0 radical (unpaired) electrons. The average Bonchev–Trinajstić information content (AvgIpc) is 3.52. The molecular weight excluding hydrogens is 466 g/mol. The molecule has 0 aliphatic carbocycles. The molecule has 2 aromatic heterocycles. The molecule has 0 fully saturated rings. The molecule has 1 N–H and O–H groups in total. The molecule has 35 heavy (non-hydrogen) atoms. The smallest absolute Gasteiger partial charge is 0.319 e. The largest absolute Gasteiger partial charge is 0.496 e. The number of ether oxygens (including phenoxy) is 1. The number of furan rings is 1. The fraction of sp³-hybridized carbons (Fsp3) is 0.269. The molecule has 0 atom stereocenters. The van der Waals surface area contributed by atoms with Crippen molar-refractivity contribution in [3.05, 3.63) is 84.1 Å². The van der Waals surface area contributed by atoms with Gasteiger partial charge in [0.1, 0.15) is 16.3 Å². The summed E-state index contributed by atoms with van der Waals surface area (Å²) >= 11 is 1.32. The third-order valence-electron chi connectivity index (χ3n) is 5.35. The number of hydrogen-bond donors (Lipinski definition) is 1. The summed E-state index contributed by atoms with van der Waals surface area (Å²) in [5, 5.41) is 13.6. The zero-order valence-electron chi connectivity index (χ0n) is 19.8. The van der Waals surface area contributed by atoms with Crippen molar-refractivity contribution in [1.29, 1.82) is 0 Å². The fourth-order valence-electron chi connectivity index (χ4n) is 3.50. The first-order chi connectivity index (χ1) is 16.8. The quantitative estimate of drug-likeness (QED) is 0.271. The Hall–Kier alpha value is -3.56. The number of thioether (sulfide) groups is 1. The Morgan fingerprint density at radius 3 is 2.51 bits per heavy atom. The Morgan fingerprint density at radius 1 is 1.06 bits per heavy atom. The van der Waals surface area contributed by atoms with Crippen LogP contribution in [0.5, 0.6) is 5.75 Å². The van der Waals surface area contributed by atoms with Crippen LogP contribution in [0.3, 0.4) is 0 Å². The van der Waals surface area contributed by atoms with Gasteiger partial charge in [0.15, 0.2) is 5.82 Å². The molecule has 0 unspecified atom stereocenters. The van der Waals surface area contributed by atoms with Gasteiger partial charge in [0.05, 0.1) is 32.0 Å². The van der Waals surface area contributed by atoms with Crippen LogP contribution in [-0.2, 0) is 24.4 Å². The van der Waals surface area contributed by atoms with Crippen LogP contribution in [0.2, 0.25) is 0 Å². The molecule has 2 aromatic carbocycles. The number of aliphatic carboxylic acids is 1. The number of para-hydroxylation sites is 1. The lowest BCUT2D eigenvalue weighted by atomic mass is 10.2. The number of carboxylic acids is 1. The van der Waals surface area contributed by atoms with Gasteiger partial charge in [-0.2, -0.15) is 4.98 Å². The van der Waals surface area contributed by atoms with E-state index in [4.69, 9.17) is 13.7 Å². The molecular formula is C26H27N3O5S. The van der Waals surface area contributed by atoms with Crippen LogP contribution in [0.15, 0.2) is 80.8 Å². The van der Waals surface area contributed by atoms with Crippen LogP contribution in [-0.4, -0.2) is 38.0 Å². The number of carboxylic acid groups (broad SMARTS) is 1. The van der Waals surface area contributed by atoms with E-state index in [0.29, 0.717) is 37.1 Å². The molecule has 4 aromatic rings. The Bertz CT molecular complexity index is 1250. The predicted molar refractivity (Wildman–Crippen MR) is 132 cm³/mol. The van der Waals surface area contributed by atoms with Crippen molar-refractivity contribution in [2.45, 2.75) is 43.1 Å². The van der Waals surface area contributed by atoms with E-state index < -0.39 is 10.7 Å². The Morgan fingerprint density at radius 2 is 1.83 bits per heavy atom. The number of benzene rings is 2. The summed E-state index contributed by atoms with van der Waals surface area (Å²) in [7, 11) is 1.60. The van der Waals surface area contributed by atoms with E-state index in [2.05, 4.69) is 15.0 Å². The topological polar surface area (TPSA) is 102 Å². The highest BCUT2D eigenvalue weighted by Crippen LogP contribution is 2.33. The molecule has 0 aliphatic heterocycles. The lowest BCUT2D eigenvalue weighted by Crippen LogP contribution is -2.26. The van der Waals surface area contributed by atoms with Crippen LogP contribution in [0.1, 0.15) is 31.0 Å². The summed E-state index contributed by atoms with van der Waals surface area (Å²) < 4.78 is 15.6. The highest BCUT2D eigenvalue weighted by molar-refractivity contribution is 8.01. The van der Waals surface area contributed by atoms with Gasteiger partial charge in [-0.15, -0.1) is 11.8 Å². The van der Waals surface area contributed by atoms with E-state index in [0.717, 1.165) is 21.8 Å². The summed E-state index contributed by atoms with van der Waals surface area (Å²) in [6.45, 7) is 5.02. The monoisotopic (exact) mass is 493 g/mol. The number of methoxy groups -OCH3 is 1. The van der Waals surface area contributed by atoms with Gasteiger partial charge >= 0.3 is 5.97 Å². The fourth-order valence-corrected chi connectivity index (χ4v) is 4.45.